The van der Waals surface area contributed by atoms with Crippen molar-refractivity contribution >= 4 is 35.5 Å². The number of nitrogens with zero attached hydrogens (tertiary/aromatic N) is 2. The molecule has 41 heavy (non-hydrogen) atoms. The van der Waals surface area contributed by atoms with E-state index in [0.717, 1.165) is 34.8 Å². The summed E-state index contributed by atoms with van der Waals surface area (Å²) in [6.45, 7) is 11.5. The van der Waals surface area contributed by atoms with Crippen LogP contribution in [0.4, 0.5) is 0 Å². The lowest BCUT2D eigenvalue weighted by Gasteiger charge is -2.49. The molecule has 1 N–H and O–H groups in total. The number of hydrogen-bond donors (Lipinski definition) is 1. The van der Waals surface area contributed by atoms with Crippen LogP contribution in [0.3, 0.4) is 0 Å². The molecular weight excluding hydrogens is 545 g/mol. The Morgan fingerprint density at radius 1 is 0.878 bits per heavy atom. The summed E-state index contributed by atoms with van der Waals surface area (Å²) < 4.78 is 13.3. The monoisotopic (exact) mass is 586 g/mol. The first-order valence-corrected chi connectivity index (χ1v) is 17.6. The lowest BCUT2D eigenvalue weighted by Crippen LogP contribution is -2.66. The minimum Gasteiger partial charge on any atom is -0.424 e. The van der Waals surface area contributed by atoms with Gasteiger partial charge in [0.05, 0.1) is 10.4 Å². The van der Waals surface area contributed by atoms with Crippen molar-refractivity contribution in [2.75, 3.05) is 0 Å². The number of piperidine rings is 1. The maximum atomic E-state index is 12.8. The molecule has 2 saturated heterocycles. The van der Waals surface area contributed by atoms with Gasteiger partial charge in [-0.2, -0.15) is 0 Å². The first-order chi connectivity index (χ1) is 19.6. The minimum absolute atomic E-state index is 0.0414. The van der Waals surface area contributed by atoms with E-state index in [1.165, 1.54) is 5.56 Å². The molecule has 3 aliphatic rings. The Bertz CT molecular complexity index is 1330. The molecule has 5 atom stereocenters. The van der Waals surface area contributed by atoms with Gasteiger partial charge in [0.2, 0.25) is 0 Å². The molecule has 216 valence electrons. The molecule has 0 unspecified atom stereocenters. The Morgan fingerprint density at radius 2 is 1.41 bits per heavy atom. The van der Waals surface area contributed by atoms with Crippen molar-refractivity contribution in [1.82, 2.24) is 4.90 Å². The fourth-order valence-electron chi connectivity index (χ4n) is 7.13. The molecule has 0 amide bonds. The number of hydrogen-bond acceptors (Lipinski definition) is 6. The number of thioether (sulfide) groups is 1. The van der Waals surface area contributed by atoms with E-state index in [2.05, 4.69) is 80.3 Å². The van der Waals surface area contributed by atoms with Crippen molar-refractivity contribution < 1.29 is 14.3 Å². The van der Waals surface area contributed by atoms with Gasteiger partial charge in [0.25, 0.3) is 8.32 Å². The summed E-state index contributed by atoms with van der Waals surface area (Å²) in [6.07, 6.45) is 1.56. The van der Waals surface area contributed by atoms with Crippen molar-refractivity contribution in [2.24, 2.45) is 4.99 Å². The van der Waals surface area contributed by atoms with Crippen molar-refractivity contribution in [3.63, 3.8) is 0 Å². The number of benzene rings is 3. The van der Waals surface area contributed by atoms with Crippen LogP contribution in [0.15, 0.2) is 96.0 Å². The Hall–Kier alpha value is -2.26. The molecule has 0 bridgehead atoms. The molecule has 6 rings (SSSR count). The summed E-state index contributed by atoms with van der Waals surface area (Å²) >= 11 is 1.86. The maximum Gasteiger partial charge on any atom is 0.258 e. The summed E-state index contributed by atoms with van der Waals surface area (Å²) in [4.78, 5) is 20.5. The highest BCUT2D eigenvalue weighted by atomic mass is 32.2. The van der Waals surface area contributed by atoms with Crippen LogP contribution < -0.4 is 10.4 Å². The number of fused-ring (bicyclic) bond motifs is 3. The van der Waals surface area contributed by atoms with Crippen molar-refractivity contribution in [2.45, 2.75) is 94.5 Å². The van der Waals surface area contributed by atoms with Gasteiger partial charge in [-0.3, -0.25) is 9.89 Å². The van der Waals surface area contributed by atoms with Crippen LogP contribution in [0.25, 0.3) is 0 Å². The molecule has 0 aliphatic carbocycles. The van der Waals surface area contributed by atoms with E-state index >= 15 is 0 Å². The molecule has 0 radical (unpaired) electrons. The number of rotatable bonds is 8. The zero-order chi connectivity index (χ0) is 28.8. The summed E-state index contributed by atoms with van der Waals surface area (Å²) in [5.41, 5.74) is 1.29. The van der Waals surface area contributed by atoms with Gasteiger partial charge < -0.3 is 14.3 Å². The van der Waals surface area contributed by atoms with Gasteiger partial charge in [0, 0.05) is 12.6 Å². The van der Waals surface area contributed by atoms with Gasteiger partial charge in [-0.25, -0.2) is 0 Å². The molecule has 5 nitrogen and oxygen atoms in total. The zero-order valence-electron chi connectivity index (χ0n) is 24.7. The third kappa shape index (κ3) is 5.37. The third-order valence-electron chi connectivity index (χ3n) is 9.18. The molecular formula is C34H42N2O3SSi. The highest BCUT2D eigenvalue weighted by Crippen LogP contribution is 2.49. The normalized spacial score (nSPS) is 27.8. The standard InChI is InChI=1S/C34H42N2O3SSi/c1-24-35-29-31-30(38-34(4,5)39-31)28(36(32(29)40-24)23-25-15-9-6-10-16-25)21-22-33(2,3)41(37,26-17-11-7-12-18-26)27-19-13-8-14-20-27/h6-20,28-32,37H,21-23H2,1-5H3/t28-,29-,30-,31-,32-/m1/s1. The predicted molar refractivity (Wildman–Crippen MR) is 171 cm³/mol. The molecule has 7 heteroatoms. The summed E-state index contributed by atoms with van der Waals surface area (Å²) in [5, 5.41) is 3.07. The van der Waals surface area contributed by atoms with E-state index in [9.17, 15) is 4.80 Å². The minimum atomic E-state index is -3.13. The summed E-state index contributed by atoms with van der Waals surface area (Å²) in [7, 11) is -3.13. The van der Waals surface area contributed by atoms with Crippen LogP contribution in [0.5, 0.6) is 0 Å². The number of likely N-dealkylation sites (tertiary alicyclic amines) is 1. The Kier molecular flexibility index (Phi) is 7.81. The fourth-order valence-corrected chi connectivity index (χ4v) is 12.1. The summed E-state index contributed by atoms with van der Waals surface area (Å²) in [5.74, 6) is -0.656. The Balaban J connectivity index is 1.36. The molecule has 0 spiro atoms. The average molecular weight is 587 g/mol. The second-order valence-corrected chi connectivity index (χ2v) is 18.0. The van der Waals surface area contributed by atoms with Gasteiger partial charge in [0.1, 0.15) is 18.2 Å². The van der Waals surface area contributed by atoms with Crippen molar-refractivity contribution in [1.29, 1.82) is 0 Å². The van der Waals surface area contributed by atoms with Crippen LogP contribution in [0.1, 0.15) is 53.0 Å². The van der Waals surface area contributed by atoms with Crippen LogP contribution in [0, 0.1) is 0 Å². The van der Waals surface area contributed by atoms with Gasteiger partial charge in [-0.05, 0) is 54.6 Å². The van der Waals surface area contributed by atoms with Crippen molar-refractivity contribution in [3.05, 3.63) is 96.6 Å². The molecule has 3 aliphatic heterocycles. The van der Waals surface area contributed by atoms with Crippen LogP contribution in [-0.2, 0) is 16.0 Å². The number of aliphatic imine (C=N–C) groups is 1. The first-order valence-electron chi connectivity index (χ1n) is 14.8. The average Bonchev–Trinajstić information content (AvgIpc) is 3.52. The Morgan fingerprint density at radius 3 is 2.00 bits per heavy atom. The zero-order valence-corrected chi connectivity index (χ0v) is 26.6. The lowest BCUT2D eigenvalue weighted by atomic mass is 9.87. The van der Waals surface area contributed by atoms with Crippen LogP contribution in [-0.4, -0.2) is 58.5 Å². The van der Waals surface area contributed by atoms with E-state index < -0.39 is 14.1 Å². The SMILES string of the molecule is CC1=N[C@@H]2[C@H]3OC(C)(C)O[C@@H]3[C@@H](CCC(C)(C)[Si](O)(c3ccccc3)c3ccccc3)N(Cc3ccccc3)[C@@H]2S1. The molecule has 3 heterocycles. The van der Waals surface area contributed by atoms with Gasteiger partial charge >= 0.3 is 0 Å². The van der Waals surface area contributed by atoms with Crippen molar-refractivity contribution in [3.8, 4) is 0 Å². The van der Waals surface area contributed by atoms with Crippen LogP contribution >= 0.6 is 11.8 Å². The largest absolute Gasteiger partial charge is 0.424 e. The molecule has 3 aromatic rings. The predicted octanol–water partition coefficient (Wildman–Crippen LogP) is 5.56. The smallest absolute Gasteiger partial charge is 0.258 e. The number of ether oxygens (including phenoxy) is 2. The topological polar surface area (TPSA) is 54.3 Å². The lowest BCUT2D eigenvalue weighted by molar-refractivity contribution is -0.149. The van der Waals surface area contributed by atoms with Gasteiger partial charge in [-0.1, -0.05) is 117 Å². The fraction of sp³-hybridized carbons (Fsp3) is 0.441. The van der Waals surface area contributed by atoms with Gasteiger partial charge in [-0.15, -0.1) is 0 Å². The van der Waals surface area contributed by atoms with E-state index in [-0.39, 0.29) is 34.7 Å². The molecule has 0 aromatic heterocycles. The highest BCUT2D eigenvalue weighted by Gasteiger charge is 2.59. The second kappa shape index (κ2) is 11.1. The summed E-state index contributed by atoms with van der Waals surface area (Å²) in [6, 6.07) is 31.6. The van der Waals surface area contributed by atoms with Gasteiger partial charge in [0.15, 0.2) is 5.79 Å². The van der Waals surface area contributed by atoms with E-state index in [1.54, 1.807) is 0 Å². The van der Waals surface area contributed by atoms with E-state index in [1.807, 2.05) is 62.0 Å². The molecule has 0 saturated carbocycles. The highest BCUT2D eigenvalue weighted by molar-refractivity contribution is 8.14. The first kappa shape index (κ1) is 28.8. The van der Waals surface area contributed by atoms with Crippen LogP contribution in [0.2, 0.25) is 5.04 Å². The molecule has 3 aromatic carbocycles. The van der Waals surface area contributed by atoms with E-state index in [0.29, 0.717) is 0 Å². The third-order valence-corrected chi connectivity index (χ3v) is 15.0. The second-order valence-electron chi connectivity index (χ2n) is 12.8. The maximum absolute atomic E-state index is 12.8. The Labute approximate surface area is 250 Å². The van der Waals surface area contributed by atoms with E-state index in [4.69, 9.17) is 14.5 Å². The quantitative estimate of drug-likeness (QED) is 0.350. The molecule has 2 fully saturated rings.